The van der Waals surface area contributed by atoms with Gasteiger partial charge in [-0.25, -0.2) is 14.4 Å². The average molecular weight is 448 g/mol. The summed E-state index contributed by atoms with van der Waals surface area (Å²) in [6, 6.07) is 16.5. The van der Waals surface area contributed by atoms with E-state index in [0.717, 1.165) is 42.3 Å². The number of anilines is 3. The Bertz CT molecular complexity index is 1110. The van der Waals surface area contributed by atoms with E-state index in [2.05, 4.69) is 10.3 Å². The molecule has 1 N–H and O–H groups in total. The van der Waals surface area contributed by atoms with Gasteiger partial charge in [0.05, 0.1) is 5.69 Å². The first-order valence-corrected chi connectivity index (χ1v) is 11.4. The lowest BCUT2D eigenvalue weighted by molar-refractivity contribution is -0.132. The molecular weight excluding hydrogens is 417 g/mol. The van der Waals surface area contributed by atoms with Gasteiger partial charge in [-0.15, -0.1) is 0 Å². The molecule has 1 atom stereocenters. The van der Waals surface area contributed by atoms with Gasteiger partial charge < -0.3 is 15.1 Å². The molecular formula is C26H30FN5O. The molecule has 0 unspecified atom stereocenters. The van der Waals surface area contributed by atoms with E-state index in [9.17, 15) is 9.18 Å². The summed E-state index contributed by atoms with van der Waals surface area (Å²) < 4.78 is 14.0. The number of piperidine rings is 1. The van der Waals surface area contributed by atoms with E-state index in [1.807, 2.05) is 49.2 Å². The Hall–Kier alpha value is -3.48. The zero-order valence-corrected chi connectivity index (χ0v) is 19.2. The fraction of sp³-hybridized carbons (Fsp3) is 0.346. The van der Waals surface area contributed by atoms with Gasteiger partial charge in [-0.3, -0.25) is 4.79 Å². The van der Waals surface area contributed by atoms with Crippen LogP contribution in [0.15, 0.2) is 60.8 Å². The highest BCUT2D eigenvalue weighted by molar-refractivity contribution is 5.77. The SMILES string of the molecule is Cc1cccnc1Nc1cccc([C@@H]2CCCN(C(=O)CCN(C)c3ccccc3F)C2)n1. The molecule has 1 aliphatic rings. The van der Waals surface area contributed by atoms with Crippen molar-refractivity contribution in [2.45, 2.75) is 32.1 Å². The number of likely N-dealkylation sites (tertiary alicyclic amines) is 1. The van der Waals surface area contributed by atoms with E-state index in [1.165, 1.54) is 6.07 Å². The van der Waals surface area contributed by atoms with E-state index >= 15 is 0 Å². The van der Waals surface area contributed by atoms with Crippen molar-refractivity contribution in [2.24, 2.45) is 0 Å². The van der Waals surface area contributed by atoms with Crippen molar-refractivity contribution >= 4 is 23.2 Å². The molecule has 172 valence electrons. The van der Waals surface area contributed by atoms with E-state index in [4.69, 9.17) is 4.98 Å². The highest BCUT2D eigenvalue weighted by atomic mass is 19.1. The molecule has 0 aliphatic carbocycles. The maximum atomic E-state index is 14.0. The zero-order valence-electron chi connectivity index (χ0n) is 19.2. The molecule has 6 nitrogen and oxygen atoms in total. The number of pyridine rings is 2. The zero-order chi connectivity index (χ0) is 23.2. The van der Waals surface area contributed by atoms with Crippen LogP contribution in [0, 0.1) is 12.7 Å². The lowest BCUT2D eigenvalue weighted by atomic mass is 9.94. The maximum Gasteiger partial charge on any atom is 0.224 e. The third-order valence-electron chi connectivity index (χ3n) is 6.14. The van der Waals surface area contributed by atoms with Crippen LogP contribution in [0.25, 0.3) is 0 Å². The molecule has 1 saturated heterocycles. The highest BCUT2D eigenvalue weighted by Gasteiger charge is 2.26. The van der Waals surface area contributed by atoms with Crippen LogP contribution in [0.1, 0.15) is 36.4 Å². The summed E-state index contributed by atoms with van der Waals surface area (Å²) in [6.07, 6.45) is 4.05. The Kier molecular flexibility index (Phi) is 7.17. The first-order valence-electron chi connectivity index (χ1n) is 11.4. The van der Waals surface area contributed by atoms with Crippen molar-refractivity contribution in [3.05, 3.63) is 77.9 Å². The molecule has 1 aliphatic heterocycles. The Balaban J connectivity index is 1.36. The van der Waals surface area contributed by atoms with Crippen molar-refractivity contribution < 1.29 is 9.18 Å². The number of nitrogens with one attached hydrogen (secondary N) is 1. The lowest BCUT2D eigenvalue weighted by Gasteiger charge is -2.33. The van der Waals surface area contributed by atoms with Crippen LogP contribution < -0.4 is 10.2 Å². The molecule has 0 spiro atoms. The molecule has 0 saturated carbocycles. The van der Waals surface area contributed by atoms with Gasteiger partial charge in [-0.1, -0.05) is 24.3 Å². The van der Waals surface area contributed by atoms with Gasteiger partial charge in [0.15, 0.2) is 0 Å². The van der Waals surface area contributed by atoms with Gasteiger partial charge in [0.1, 0.15) is 17.5 Å². The molecule has 3 heterocycles. The summed E-state index contributed by atoms with van der Waals surface area (Å²) >= 11 is 0. The normalized spacial score (nSPS) is 15.8. The molecule has 0 bridgehead atoms. The summed E-state index contributed by atoms with van der Waals surface area (Å²) in [7, 11) is 1.82. The first kappa shape index (κ1) is 22.7. The van der Waals surface area contributed by atoms with Crippen molar-refractivity contribution in [3.8, 4) is 0 Å². The largest absolute Gasteiger partial charge is 0.372 e. The van der Waals surface area contributed by atoms with Crippen LogP contribution in [0.5, 0.6) is 0 Å². The van der Waals surface area contributed by atoms with Gasteiger partial charge in [-0.05, 0) is 55.7 Å². The van der Waals surface area contributed by atoms with Gasteiger partial charge in [0, 0.05) is 50.9 Å². The number of aromatic nitrogens is 2. The molecule has 4 rings (SSSR count). The quantitative estimate of drug-likeness (QED) is 0.558. The Morgan fingerprint density at radius 1 is 1.18 bits per heavy atom. The minimum Gasteiger partial charge on any atom is -0.372 e. The van der Waals surface area contributed by atoms with E-state index in [-0.39, 0.29) is 17.6 Å². The predicted octanol–water partition coefficient (Wildman–Crippen LogP) is 4.90. The molecule has 3 aromatic rings. The van der Waals surface area contributed by atoms with Crippen molar-refractivity contribution in [1.82, 2.24) is 14.9 Å². The number of nitrogens with zero attached hydrogens (tertiary/aromatic N) is 4. The van der Waals surface area contributed by atoms with Gasteiger partial charge in [0.2, 0.25) is 5.91 Å². The number of para-hydroxylation sites is 1. The van der Waals surface area contributed by atoms with E-state index < -0.39 is 0 Å². The molecule has 2 aromatic heterocycles. The minimum atomic E-state index is -0.272. The van der Waals surface area contributed by atoms with Crippen molar-refractivity contribution in [2.75, 3.05) is 36.9 Å². The van der Waals surface area contributed by atoms with Crippen molar-refractivity contribution in [3.63, 3.8) is 0 Å². The lowest BCUT2D eigenvalue weighted by Crippen LogP contribution is -2.40. The van der Waals surface area contributed by atoms with Crippen LogP contribution in [0.4, 0.5) is 21.7 Å². The van der Waals surface area contributed by atoms with Crippen LogP contribution in [0.3, 0.4) is 0 Å². The number of aryl methyl sites for hydroxylation is 1. The number of benzene rings is 1. The number of carbonyl (C=O) groups excluding carboxylic acids is 1. The summed E-state index contributed by atoms with van der Waals surface area (Å²) in [4.78, 5) is 25.8. The van der Waals surface area contributed by atoms with Gasteiger partial charge >= 0.3 is 0 Å². The third kappa shape index (κ3) is 5.66. The smallest absolute Gasteiger partial charge is 0.224 e. The standard InChI is InChI=1S/C26H30FN5O/c1-19-8-6-15-28-26(19)30-24-13-5-11-22(29-24)20-9-7-16-32(18-20)25(33)14-17-31(2)23-12-4-3-10-21(23)27/h3-6,8,10-13,15,20H,7,9,14,16-18H2,1-2H3,(H,28,29,30)/t20-/m1/s1. The maximum absolute atomic E-state index is 14.0. The Morgan fingerprint density at radius 3 is 2.85 bits per heavy atom. The Labute approximate surface area is 194 Å². The second-order valence-electron chi connectivity index (χ2n) is 8.54. The number of rotatable bonds is 7. The number of hydrogen-bond acceptors (Lipinski definition) is 5. The van der Waals surface area contributed by atoms with Crippen molar-refractivity contribution in [1.29, 1.82) is 0 Å². The number of halogens is 1. The first-order chi connectivity index (χ1) is 16.0. The van der Waals surface area contributed by atoms with Crippen LogP contribution in [-0.4, -0.2) is 47.5 Å². The van der Waals surface area contributed by atoms with Gasteiger partial charge in [-0.2, -0.15) is 0 Å². The summed E-state index contributed by atoms with van der Waals surface area (Å²) in [6.45, 7) is 3.89. The molecule has 33 heavy (non-hydrogen) atoms. The number of carbonyl (C=O) groups is 1. The van der Waals surface area contributed by atoms with Crippen LogP contribution >= 0.6 is 0 Å². The second kappa shape index (κ2) is 10.4. The monoisotopic (exact) mass is 447 g/mol. The van der Waals surface area contributed by atoms with E-state index in [0.29, 0.717) is 25.2 Å². The Morgan fingerprint density at radius 2 is 2.03 bits per heavy atom. The molecule has 1 aromatic carbocycles. The third-order valence-corrected chi connectivity index (χ3v) is 6.14. The highest BCUT2D eigenvalue weighted by Crippen LogP contribution is 2.28. The van der Waals surface area contributed by atoms with Crippen LogP contribution in [-0.2, 0) is 4.79 Å². The summed E-state index contributed by atoms with van der Waals surface area (Å²) in [5, 5.41) is 3.30. The summed E-state index contributed by atoms with van der Waals surface area (Å²) in [5.41, 5.74) is 2.55. The molecule has 0 radical (unpaired) electrons. The number of amides is 1. The molecule has 1 amide bonds. The summed E-state index contributed by atoms with van der Waals surface area (Å²) in [5.74, 6) is 1.57. The average Bonchev–Trinajstić information content (AvgIpc) is 2.84. The fourth-order valence-corrected chi connectivity index (χ4v) is 4.23. The van der Waals surface area contributed by atoms with E-state index in [1.54, 1.807) is 29.3 Å². The minimum absolute atomic E-state index is 0.0984. The van der Waals surface area contributed by atoms with Gasteiger partial charge in [0.25, 0.3) is 0 Å². The van der Waals surface area contributed by atoms with Crippen LogP contribution in [0.2, 0.25) is 0 Å². The topological polar surface area (TPSA) is 61.4 Å². The number of hydrogen-bond donors (Lipinski definition) is 1. The predicted molar refractivity (Wildman–Crippen MR) is 129 cm³/mol. The molecule has 7 heteroatoms. The molecule has 1 fully saturated rings. The second-order valence-corrected chi connectivity index (χ2v) is 8.54. The fourth-order valence-electron chi connectivity index (χ4n) is 4.23.